The van der Waals surface area contributed by atoms with E-state index >= 15 is 0 Å². The van der Waals surface area contributed by atoms with Crippen LogP contribution in [0, 0.1) is 17.2 Å². The Hall–Kier alpha value is -3.31. The molecule has 2 saturated heterocycles. The zero-order valence-electron chi connectivity index (χ0n) is 17.6. The van der Waals surface area contributed by atoms with Crippen molar-refractivity contribution in [1.82, 2.24) is 14.7 Å². The predicted molar refractivity (Wildman–Crippen MR) is 112 cm³/mol. The highest BCUT2D eigenvalue weighted by atomic mass is 16.5. The molecule has 31 heavy (non-hydrogen) atoms. The molecule has 0 bridgehead atoms. The summed E-state index contributed by atoms with van der Waals surface area (Å²) in [5.74, 6) is 1.16. The summed E-state index contributed by atoms with van der Waals surface area (Å²) in [6.07, 6.45) is 1.82. The number of nitriles is 1. The largest absolute Gasteiger partial charge is 0.497 e. The monoisotopic (exact) mass is 422 g/mol. The number of furan rings is 1. The second-order valence-corrected chi connectivity index (χ2v) is 7.92. The summed E-state index contributed by atoms with van der Waals surface area (Å²) >= 11 is 0. The van der Waals surface area contributed by atoms with Gasteiger partial charge in [-0.25, -0.2) is 0 Å². The van der Waals surface area contributed by atoms with Gasteiger partial charge in [0, 0.05) is 39.1 Å². The van der Waals surface area contributed by atoms with Crippen LogP contribution in [0.5, 0.6) is 5.75 Å². The molecule has 3 heterocycles. The van der Waals surface area contributed by atoms with E-state index in [4.69, 9.17) is 9.15 Å². The highest BCUT2D eigenvalue weighted by molar-refractivity contribution is 5.89. The average Bonchev–Trinajstić information content (AvgIpc) is 3.45. The van der Waals surface area contributed by atoms with Gasteiger partial charge in [-0.1, -0.05) is 12.1 Å². The summed E-state index contributed by atoms with van der Waals surface area (Å²) in [5, 5.41) is 9.72. The smallest absolute Gasteiger partial charge is 0.228 e. The fourth-order valence-electron chi connectivity index (χ4n) is 4.29. The van der Waals surface area contributed by atoms with Crippen LogP contribution in [0.25, 0.3) is 0 Å². The van der Waals surface area contributed by atoms with Crippen molar-refractivity contribution in [2.45, 2.75) is 19.0 Å². The number of amides is 2. The quantitative estimate of drug-likeness (QED) is 0.708. The Morgan fingerprint density at radius 2 is 1.97 bits per heavy atom. The summed E-state index contributed by atoms with van der Waals surface area (Å²) in [4.78, 5) is 31.0. The van der Waals surface area contributed by atoms with Gasteiger partial charge in [-0.3, -0.25) is 14.5 Å². The maximum Gasteiger partial charge on any atom is 0.228 e. The van der Waals surface area contributed by atoms with Crippen LogP contribution in [0.1, 0.15) is 23.8 Å². The van der Waals surface area contributed by atoms with Crippen molar-refractivity contribution in [1.29, 1.82) is 5.26 Å². The molecule has 1 aromatic heterocycles. The third-order valence-electron chi connectivity index (χ3n) is 6.04. The van der Waals surface area contributed by atoms with E-state index in [1.165, 1.54) is 0 Å². The molecule has 162 valence electrons. The fraction of sp³-hybridized carbons (Fsp3) is 0.435. The Morgan fingerprint density at radius 1 is 1.23 bits per heavy atom. The number of benzene rings is 1. The molecule has 0 N–H and O–H groups in total. The van der Waals surface area contributed by atoms with Crippen molar-refractivity contribution in [3.05, 3.63) is 54.0 Å². The number of rotatable bonds is 6. The van der Waals surface area contributed by atoms with Gasteiger partial charge >= 0.3 is 0 Å². The zero-order valence-corrected chi connectivity index (χ0v) is 17.6. The van der Waals surface area contributed by atoms with Crippen molar-refractivity contribution in [2.24, 2.45) is 5.92 Å². The predicted octanol–water partition coefficient (Wildman–Crippen LogP) is 2.05. The molecule has 2 aromatic rings. The summed E-state index contributed by atoms with van der Waals surface area (Å²) < 4.78 is 10.5. The van der Waals surface area contributed by atoms with Gasteiger partial charge in [-0.05, 0) is 29.8 Å². The highest BCUT2D eigenvalue weighted by Crippen LogP contribution is 2.26. The number of methoxy groups -OCH3 is 1. The lowest BCUT2D eigenvalue weighted by Gasteiger charge is -2.38. The number of hydrogen-bond donors (Lipinski definition) is 0. The van der Waals surface area contributed by atoms with E-state index in [1.807, 2.05) is 35.2 Å². The molecule has 2 aliphatic rings. The van der Waals surface area contributed by atoms with E-state index in [0.717, 1.165) is 17.1 Å². The molecule has 8 heteroatoms. The Bertz CT molecular complexity index is 943. The Balaban J connectivity index is 1.32. The van der Waals surface area contributed by atoms with Crippen LogP contribution in [-0.2, 0) is 16.1 Å². The molecule has 0 aliphatic carbocycles. The number of nitrogens with zero attached hydrogens (tertiary/aromatic N) is 4. The van der Waals surface area contributed by atoms with Crippen molar-refractivity contribution in [3.8, 4) is 11.8 Å². The molecule has 8 nitrogen and oxygen atoms in total. The van der Waals surface area contributed by atoms with Crippen LogP contribution >= 0.6 is 0 Å². The Kier molecular flexibility index (Phi) is 6.23. The molecule has 2 atom stereocenters. The molecule has 2 fully saturated rings. The van der Waals surface area contributed by atoms with E-state index < -0.39 is 0 Å². The second-order valence-electron chi connectivity index (χ2n) is 7.92. The normalized spacial score (nSPS) is 20.5. The molecular weight excluding hydrogens is 396 g/mol. The van der Waals surface area contributed by atoms with Gasteiger partial charge < -0.3 is 19.0 Å². The first-order chi connectivity index (χ1) is 15.1. The van der Waals surface area contributed by atoms with E-state index in [0.29, 0.717) is 39.3 Å². The van der Waals surface area contributed by atoms with Crippen LogP contribution in [0.3, 0.4) is 0 Å². The van der Waals surface area contributed by atoms with Crippen LogP contribution in [-0.4, -0.2) is 66.3 Å². The molecule has 1 aromatic carbocycles. The van der Waals surface area contributed by atoms with Crippen LogP contribution in [0.4, 0.5) is 0 Å². The summed E-state index contributed by atoms with van der Waals surface area (Å²) in [7, 11) is 1.61. The Labute approximate surface area is 181 Å². The molecule has 0 spiro atoms. The van der Waals surface area contributed by atoms with Crippen molar-refractivity contribution in [3.63, 3.8) is 0 Å². The van der Waals surface area contributed by atoms with Gasteiger partial charge in [-0.15, -0.1) is 0 Å². The molecule has 0 saturated carbocycles. The van der Waals surface area contributed by atoms with Crippen molar-refractivity contribution >= 4 is 11.8 Å². The molecule has 2 amide bonds. The van der Waals surface area contributed by atoms with Crippen LogP contribution in [0.15, 0.2) is 47.1 Å². The van der Waals surface area contributed by atoms with Crippen molar-refractivity contribution < 1.29 is 18.7 Å². The third kappa shape index (κ3) is 4.57. The number of carbonyl (C=O) groups excluding carboxylic acids is 2. The number of piperazine rings is 1. The van der Waals surface area contributed by atoms with E-state index in [9.17, 15) is 14.9 Å². The summed E-state index contributed by atoms with van der Waals surface area (Å²) in [6.45, 7) is 3.16. The highest BCUT2D eigenvalue weighted by Gasteiger charge is 2.38. The first-order valence-corrected chi connectivity index (χ1v) is 10.5. The minimum Gasteiger partial charge on any atom is -0.497 e. The van der Waals surface area contributed by atoms with Gasteiger partial charge in [0.05, 0.1) is 31.9 Å². The molecule has 2 unspecified atom stereocenters. The standard InChI is InChI=1S/C23H26N4O4/c1-30-19-6-4-17(5-7-19)21(14-24)25-8-10-26(11-9-25)23(29)18-13-22(28)27(15-18)16-20-3-2-12-31-20/h2-7,12,18,21H,8-11,13,15-16H2,1H3. The SMILES string of the molecule is COc1ccc(C(C#N)N2CCN(C(=O)C3CC(=O)N(Cc4ccco4)C3)CC2)cc1. The maximum atomic E-state index is 13.0. The number of ether oxygens (including phenoxy) is 1. The summed E-state index contributed by atoms with van der Waals surface area (Å²) in [6, 6.07) is 13.2. The molecule has 4 rings (SSSR count). The van der Waals surface area contributed by atoms with E-state index in [-0.39, 0.29) is 30.2 Å². The van der Waals surface area contributed by atoms with E-state index in [2.05, 4.69) is 11.0 Å². The summed E-state index contributed by atoms with van der Waals surface area (Å²) in [5.41, 5.74) is 0.915. The first kappa shape index (κ1) is 20.9. The average molecular weight is 422 g/mol. The van der Waals surface area contributed by atoms with Crippen molar-refractivity contribution in [2.75, 3.05) is 39.8 Å². The Morgan fingerprint density at radius 3 is 2.58 bits per heavy atom. The number of carbonyl (C=O) groups is 2. The van der Waals surface area contributed by atoms with Gasteiger partial charge in [0.25, 0.3) is 0 Å². The molecule has 0 radical (unpaired) electrons. The number of likely N-dealkylation sites (tertiary alicyclic amines) is 1. The number of hydrogen-bond acceptors (Lipinski definition) is 6. The van der Waals surface area contributed by atoms with Gasteiger partial charge in [0.1, 0.15) is 17.6 Å². The first-order valence-electron chi connectivity index (χ1n) is 10.5. The van der Waals surface area contributed by atoms with Crippen LogP contribution < -0.4 is 4.74 Å². The van der Waals surface area contributed by atoms with Gasteiger partial charge in [0.2, 0.25) is 11.8 Å². The van der Waals surface area contributed by atoms with E-state index in [1.54, 1.807) is 24.3 Å². The van der Waals surface area contributed by atoms with Gasteiger partial charge in [-0.2, -0.15) is 5.26 Å². The maximum absolute atomic E-state index is 13.0. The lowest BCUT2D eigenvalue weighted by Crippen LogP contribution is -2.51. The third-order valence-corrected chi connectivity index (χ3v) is 6.04. The zero-order chi connectivity index (χ0) is 21.8. The van der Waals surface area contributed by atoms with Gasteiger partial charge in [0.15, 0.2) is 0 Å². The lowest BCUT2D eigenvalue weighted by molar-refractivity contribution is -0.137. The topological polar surface area (TPSA) is 90.0 Å². The molecular formula is C23H26N4O4. The fourth-order valence-corrected chi connectivity index (χ4v) is 4.29. The van der Waals surface area contributed by atoms with Crippen LogP contribution in [0.2, 0.25) is 0 Å². The second kappa shape index (κ2) is 9.23. The minimum absolute atomic E-state index is 0.0163. The minimum atomic E-state index is -0.361. The lowest BCUT2D eigenvalue weighted by atomic mass is 10.0. The molecule has 2 aliphatic heterocycles.